The van der Waals surface area contributed by atoms with Gasteiger partial charge in [-0.05, 0) is 47.4 Å². The fourth-order valence-electron chi connectivity index (χ4n) is 4.72. The van der Waals surface area contributed by atoms with E-state index in [4.69, 9.17) is 11.6 Å². The Kier molecular flexibility index (Phi) is 2.74. The number of benzene rings is 2. The fraction of sp³-hybridized carbons (Fsp3) is 0.368. The Bertz CT molecular complexity index is 653. The molecular weight excluding hydrogens is 292 g/mol. The first-order chi connectivity index (χ1) is 9.98. The van der Waals surface area contributed by atoms with Crippen molar-refractivity contribution in [2.75, 3.05) is 0 Å². The van der Waals surface area contributed by atoms with Crippen LogP contribution in [0.1, 0.15) is 24.8 Å². The van der Waals surface area contributed by atoms with E-state index in [1.807, 2.05) is 12.1 Å². The van der Waals surface area contributed by atoms with Crippen LogP contribution in [-0.4, -0.2) is 8.07 Å². The standard InChI is InChI=1S/C19H21ClSi/c1-21(2,17-6-4-3-5-7-17)19-12-18(13-19,14-19)15-8-10-16(20)11-9-15/h3-11H,12-14H2,1-2H3. The van der Waals surface area contributed by atoms with Crippen LogP contribution in [0.5, 0.6) is 0 Å². The zero-order chi connectivity index (χ0) is 14.7. The summed E-state index contributed by atoms with van der Waals surface area (Å²) < 4.78 is 0. The van der Waals surface area contributed by atoms with Crippen LogP contribution in [0.2, 0.25) is 23.2 Å². The molecule has 3 aliphatic rings. The number of hydrogen-bond acceptors (Lipinski definition) is 0. The molecule has 0 aliphatic heterocycles. The molecule has 2 heteroatoms. The van der Waals surface area contributed by atoms with Crippen molar-refractivity contribution in [2.45, 2.75) is 42.8 Å². The first-order valence-corrected chi connectivity index (χ1v) is 11.2. The molecule has 21 heavy (non-hydrogen) atoms. The Morgan fingerprint density at radius 1 is 0.857 bits per heavy atom. The van der Waals surface area contributed by atoms with E-state index in [9.17, 15) is 0 Å². The summed E-state index contributed by atoms with van der Waals surface area (Å²) in [4.78, 5) is 0. The van der Waals surface area contributed by atoms with Crippen molar-refractivity contribution >= 4 is 24.9 Å². The lowest BCUT2D eigenvalue weighted by Crippen LogP contribution is -2.72. The number of rotatable bonds is 3. The van der Waals surface area contributed by atoms with Gasteiger partial charge in [0.25, 0.3) is 0 Å². The van der Waals surface area contributed by atoms with Gasteiger partial charge in [-0.3, -0.25) is 0 Å². The molecule has 2 aromatic rings. The minimum atomic E-state index is -1.37. The lowest BCUT2D eigenvalue weighted by atomic mass is 9.41. The van der Waals surface area contributed by atoms with E-state index in [-0.39, 0.29) is 0 Å². The molecule has 0 heterocycles. The Labute approximate surface area is 133 Å². The first kappa shape index (κ1) is 13.6. The van der Waals surface area contributed by atoms with E-state index in [0.29, 0.717) is 10.5 Å². The predicted molar refractivity (Wildman–Crippen MR) is 93.2 cm³/mol. The molecule has 3 aliphatic carbocycles. The van der Waals surface area contributed by atoms with Crippen LogP contribution in [0.25, 0.3) is 0 Å². The zero-order valence-corrected chi connectivity index (χ0v) is 14.5. The molecule has 0 N–H and O–H groups in total. The van der Waals surface area contributed by atoms with Crippen molar-refractivity contribution in [2.24, 2.45) is 0 Å². The van der Waals surface area contributed by atoms with Gasteiger partial charge in [0.05, 0.1) is 8.07 Å². The summed E-state index contributed by atoms with van der Waals surface area (Å²) >= 11 is 6.02. The predicted octanol–water partition coefficient (Wildman–Crippen LogP) is 5.13. The highest BCUT2D eigenvalue weighted by molar-refractivity contribution is 6.92. The molecule has 2 bridgehead atoms. The molecule has 108 valence electrons. The van der Waals surface area contributed by atoms with Gasteiger partial charge < -0.3 is 0 Å². The molecule has 0 amide bonds. The SMILES string of the molecule is C[Si](C)(c1ccccc1)C12CC(c3ccc(Cl)cc3)(C1)C2. The highest BCUT2D eigenvalue weighted by Crippen LogP contribution is 2.81. The smallest absolute Gasteiger partial charge is 0.0843 e. The Morgan fingerprint density at radius 2 is 1.43 bits per heavy atom. The van der Waals surface area contributed by atoms with Gasteiger partial charge in [0, 0.05) is 5.02 Å². The van der Waals surface area contributed by atoms with Gasteiger partial charge in [-0.1, -0.05) is 72.3 Å². The highest BCUT2D eigenvalue weighted by Gasteiger charge is 2.73. The third-order valence-corrected chi connectivity index (χ3v) is 11.5. The Hall–Kier alpha value is -1.05. The van der Waals surface area contributed by atoms with E-state index in [2.05, 4.69) is 55.6 Å². The second-order valence-corrected chi connectivity index (χ2v) is 12.9. The van der Waals surface area contributed by atoms with Crippen LogP contribution in [0.15, 0.2) is 54.6 Å². The average Bonchev–Trinajstić information content (AvgIpc) is 2.39. The van der Waals surface area contributed by atoms with Crippen molar-refractivity contribution in [3.63, 3.8) is 0 Å². The molecule has 0 atom stereocenters. The summed E-state index contributed by atoms with van der Waals surface area (Å²) in [6.07, 6.45) is 4.15. The molecule has 0 nitrogen and oxygen atoms in total. The monoisotopic (exact) mass is 312 g/mol. The van der Waals surface area contributed by atoms with Crippen LogP contribution in [0.3, 0.4) is 0 Å². The maximum Gasteiger partial charge on any atom is 0.0868 e. The number of halogens is 1. The largest absolute Gasteiger partial charge is 0.0868 e. The summed E-state index contributed by atoms with van der Waals surface area (Å²) in [7, 11) is -1.37. The van der Waals surface area contributed by atoms with Crippen LogP contribution >= 0.6 is 11.6 Å². The third kappa shape index (κ3) is 1.74. The zero-order valence-electron chi connectivity index (χ0n) is 12.7. The maximum absolute atomic E-state index is 6.02. The first-order valence-electron chi connectivity index (χ1n) is 7.79. The van der Waals surface area contributed by atoms with Gasteiger partial charge >= 0.3 is 0 Å². The molecule has 3 saturated carbocycles. The van der Waals surface area contributed by atoms with Crippen molar-refractivity contribution in [1.29, 1.82) is 0 Å². The maximum atomic E-state index is 6.02. The summed E-state index contributed by atoms with van der Waals surface area (Å²) in [5.41, 5.74) is 1.98. The molecule has 3 fully saturated rings. The van der Waals surface area contributed by atoms with Crippen molar-refractivity contribution < 1.29 is 0 Å². The van der Waals surface area contributed by atoms with Gasteiger partial charge in [-0.25, -0.2) is 0 Å². The minimum Gasteiger partial charge on any atom is -0.0843 e. The van der Waals surface area contributed by atoms with Crippen LogP contribution in [0.4, 0.5) is 0 Å². The minimum absolute atomic E-state index is 0.476. The molecule has 5 rings (SSSR count). The quantitative estimate of drug-likeness (QED) is 0.689. The summed E-state index contributed by atoms with van der Waals surface area (Å²) in [5, 5.41) is 3.10. The second kappa shape index (κ2) is 4.24. The summed E-state index contributed by atoms with van der Waals surface area (Å²) in [6.45, 7) is 5.13. The molecule has 0 radical (unpaired) electrons. The Morgan fingerprint density at radius 3 is 2.00 bits per heavy atom. The van der Waals surface area contributed by atoms with Gasteiger partial charge in [0.1, 0.15) is 0 Å². The van der Waals surface area contributed by atoms with E-state index in [0.717, 1.165) is 5.02 Å². The molecular formula is C19H21ClSi. The van der Waals surface area contributed by atoms with Crippen LogP contribution < -0.4 is 5.19 Å². The van der Waals surface area contributed by atoms with E-state index in [1.165, 1.54) is 24.8 Å². The van der Waals surface area contributed by atoms with Crippen LogP contribution in [-0.2, 0) is 5.41 Å². The number of hydrogen-bond donors (Lipinski definition) is 0. The molecule has 0 spiro atoms. The molecule has 0 aromatic heterocycles. The normalized spacial score (nSPS) is 30.4. The van der Waals surface area contributed by atoms with Crippen LogP contribution in [0, 0.1) is 0 Å². The van der Waals surface area contributed by atoms with E-state index < -0.39 is 8.07 Å². The van der Waals surface area contributed by atoms with Gasteiger partial charge in [-0.2, -0.15) is 0 Å². The third-order valence-electron chi connectivity index (χ3n) is 6.31. The average molecular weight is 313 g/mol. The Balaban J connectivity index is 1.58. The van der Waals surface area contributed by atoms with Gasteiger partial charge in [0.2, 0.25) is 0 Å². The van der Waals surface area contributed by atoms with E-state index in [1.54, 1.807) is 5.19 Å². The second-order valence-electron chi connectivity index (χ2n) is 7.59. The fourth-order valence-corrected chi connectivity index (χ4v) is 8.83. The summed E-state index contributed by atoms with van der Waals surface area (Å²) in [5.74, 6) is 0. The summed E-state index contributed by atoms with van der Waals surface area (Å²) in [6, 6.07) is 19.8. The van der Waals surface area contributed by atoms with Gasteiger partial charge in [0.15, 0.2) is 0 Å². The van der Waals surface area contributed by atoms with E-state index >= 15 is 0 Å². The van der Waals surface area contributed by atoms with Crippen molar-refractivity contribution in [1.82, 2.24) is 0 Å². The molecule has 0 unspecified atom stereocenters. The lowest BCUT2D eigenvalue weighted by molar-refractivity contribution is -0.0159. The molecule has 0 saturated heterocycles. The van der Waals surface area contributed by atoms with Crippen molar-refractivity contribution in [3.8, 4) is 0 Å². The molecule has 2 aromatic carbocycles. The highest BCUT2D eigenvalue weighted by atomic mass is 35.5. The lowest BCUT2D eigenvalue weighted by Gasteiger charge is -2.76. The topological polar surface area (TPSA) is 0 Å². The van der Waals surface area contributed by atoms with Gasteiger partial charge in [-0.15, -0.1) is 0 Å². The van der Waals surface area contributed by atoms with Crippen molar-refractivity contribution in [3.05, 3.63) is 65.2 Å².